The van der Waals surface area contributed by atoms with Crippen molar-refractivity contribution >= 4 is 0 Å². The van der Waals surface area contributed by atoms with Crippen LogP contribution in [0.2, 0.25) is 0 Å². The van der Waals surface area contributed by atoms with Gasteiger partial charge in [0.1, 0.15) is 0 Å². The second kappa shape index (κ2) is 6.88. The summed E-state index contributed by atoms with van der Waals surface area (Å²) in [5.41, 5.74) is 2.65. The number of aryl methyl sites for hydroxylation is 1. The van der Waals surface area contributed by atoms with Gasteiger partial charge >= 0.3 is 0 Å². The molecular formula is C15H23NO2. The third kappa shape index (κ3) is 3.80. The average molecular weight is 249 g/mol. The van der Waals surface area contributed by atoms with E-state index in [0.717, 1.165) is 19.6 Å². The first-order valence-corrected chi connectivity index (χ1v) is 6.79. The highest BCUT2D eigenvalue weighted by molar-refractivity contribution is 5.24. The van der Waals surface area contributed by atoms with Gasteiger partial charge in [0.25, 0.3) is 0 Å². The molecule has 100 valence electrons. The number of nitrogens with one attached hydrogen (secondary N) is 1. The summed E-state index contributed by atoms with van der Waals surface area (Å²) >= 11 is 0. The van der Waals surface area contributed by atoms with E-state index in [4.69, 9.17) is 9.47 Å². The van der Waals surface area contributed by atoms with Gasteiger partial charge in [-0.3, -0.25) is 0 Å². The van der Waals surface area contributed by atoms with E-state index < -0.39 is 0 Å². The molecule has 1 fully saturated rings. The molecule has 1 N–H and O–H groups in total. The van der Waals surface area contributed by atoms with Crippen LogP contribution < -0.4 is 5.32 Å². The van der Waals surface area contributed by atoms with Gasteiger partial charge in [-0.2, -0.15) is 0 Å². The van der Waals surface area contributed by atoms with Gasteiger partial charge < -0.3 is 14.8 Å². The molecule has 1 aliphatic heterocycles. The molecule has 1 saturated heterocycles. The lowest BCUT2D eigenvalue weighted by Gasteiger charge is -2.26. The summed E-state index contributed by atoms with van der Waals surface area (Å²) in [5.74, 6) is 0. The topological polar surface area (TPSA) is 30.5 Å². The molecule has 2 unspecified atom stereocenters. The van der Waals surface area contributed by atoms with Crippen LogP contribution in [0.4, 0.5) is 0 Å². The van der Waals surface area contributed by atoms with Crippen molar-refractivity contribution < 1.29 is 9.47 Å². The molecule has 18 heavy (non-hydrogen) atoms. The minimum Gasteiger partial charge on any atom is -0.376 e. The van der Waals surface area contributed by atoms with Gasteiger partial charge in [0.15, 0.2) is 0 Å². The number of benzene rings is 1. The SMILES string of the molecule is CCC(NCC1COCCO1)c1ccc(C)cc1. The number of rotatable bonds is 5. The Morgan fingerprint density at radius 2 is 2.06 bits per heavy atom. The van der Waals surface area contributed by atoms with Crippen LogP contribution in [-0.2, 0) is 9.47 Å². The molecule has 3 heteroatoms. The molecule has 0 aliphatic carbocycles. The molecule has 2 rings (SSSR count). The number of hydrogen-bond donors (Lipinski definition) is 1. The van der Waals surface area contributed by atoms with Crippen LogP contribution >= 0.6 is 0 Å². The molecule has 0 radical (unpaired) electrons. The van der Waals surface area contributed by atoms with E-state index >= 15 is 0 Å². The van der Waals surface area contributed by atoms with Crippen LogP contribution in [0.1, 0.15) is 30.5 Å². The van der Waals surface area contributed by atoms with Crippen molar-refractivity contribution in [3.05, 3.63) is 35.4 Å². The Balaban J connectivity index is 1.86. The second-order valence-electron chi connectivity index (χ2n) is 4.85. The third-order valence-electron chi connectivity index (χ3n) is 3.36. The standard InChI is InChI=1S/C15H23NO2/c1-3-15(13-6-4-12(2)5-7-13)16-10-14-11-17-8-9-18-14/h4-7,14-16H,3,8-11H2,1-2H3. The van der Waals surface area contributed by atoms with Crippen molar-refractivity contribution in [1.82, 2.24) is 5.32 Å². The van der Waals surface area contributed by atoms with E-state index in [1.54, 1.807) is 0 Å². The second-order valence-corrected chi connectivity index (χ2v) is 4.85. The smallest absolute Gasteiger partial charge is 0.0933 e. The minimum absolute atomic E-state index is 0.193. The molecule has 0 amide bonds. The van der Waals surface area contributed by atoms with Gasteiger partial charge in [-0.15, -0.1) is 0 Å². The molecule has 3 nitrogen and oxygen atoms in total. The van der Waals surface area contributed by atoms with E-state index in [0.29, 0.717) is 19.3 Å². The van der Waals surface area contributed by atoms with E-state index in [1.165, 1.54) is 11.1 Å². The maximum absolute atomic E-state index is 5.64. The van der Waals surface area contributed by atoms with Crippen LogP contribution in [-0.4, -0.2) is 32.5 Å². The summed E-state index contributed by atoms with van der Waals surface area (Å²) in [6.45, 7) is 7.32. The highest BCUT2D eigenvalue weighted by Crippen LogP contribution is 2.17. The Morgan fingerprint density at radius 3 is 2.67 bits per heavy atom. The quantitative estimate of drug-likeness (QED) is 0.869. The summed E-state index contributed by atoms with van der Waals surface area (Å²) in [7, 11) is 0. The Bertz CT molecular complexity index is 344. The first-order valence-electron chi connectivity index (χ1n) is 6.79. The summed E-state index contributed by atoms with van der Waals surface area (Å²) in [4.78, 5) is 0. The molecule has 1 aromatic carbocycles. The molecule has 0 saturated carbocycles. The summed E-state index contributed by atoms with van der Waals surface area (Å²) in [6.07, 6.45) is 1.27. The van der Waals surface area contributed by atoms with Gasteiger partial charge in [-0.1, -0.05) is 36.8 Å². The van der Waals surface area contributed by atoms with E-state index in [-0.39, 0.29) is 6.10 Å². The van der Waals surface area contributed by atoms with Gasteiger partial charge in [0.05, 0.1) is 25.9 Å². The lowest BCUT2D eigenvalue weighted by atomic mass is 10.0. The lowest BCUT2D eigenvalue weighted by Crippen LogP contribution is -2.38. The lowest BCUT2D eigenvalue weighted by molar-refractivity contribution is -0.0871. The van der Waals surface area contributed by atoms with Crippen molar-refractivity contribution in [2.24, 2.45) is 0 Å². The van der Waals surface area contributed by atoms with E-state index in [1.807, 2.05) is 0 Å². The van der Waals surface area contributed by atoms with Gasteiger partial charge in [-0.25, -0.2) is 0 Å². The Hall–Kier alpha value is -0.900. The molecule has 1 aliphatic rings. The zero-order chi connectivity index (χ0) is 12.8. The van der Waals surface area contributed by atoms with Crippen LogP contribution in [0, 0.1) is 6.92 Å². The first-order chi connectivity index (χ1) is 8.79. The molecule has 2 atom stereocenters. The van der Waals surface area contributed by atoms with Gasteiger partial charge in [-0.05, 0) is 18.9 Å². The van der Waals surface area contributed by atoms with Crippen molar-refractivity contribution in [2.45, 2.75) is 32.4 Å². The zero-order valence-electron chi connectivity index (χ0n) is 11.3. The summed E-state index contributed by atoms with van der Waals surface area (Å²) in [6, 6.07) is 9.14. The monoisotopic (exact) mass is 249 g/mol. The van der Waals surface area contributed by atoms with Crippen molar-refractivity contribution in [1.29, 1.82) is 0 Å². The predicted molar refractivity (Wildman–Crippen MR) is 72.8 cm³/mol. The fourth-order valence-corrected chi connectivity index (χ4v) is 2.22. The van der Waals surface area contributed by atoms with E-state index in [2.05, 4.69) is 43.4 Å². The highest BCUT2D eigenvalue weighted by atomic mass is 16.6. The predicted octanol–water partition coefficient (Wildman–Crippen LogP) is 2.45. The molecule has 0 bridgehead atoms. The van der Waals surface area contributed by atoms with Crippen molar-refractivity contribution in [3.63, 3.8) is 0 Å². The average Bonchev–Trinajstić information content (AvgIpc) is 2.42. The van der Waals surface area contributed by atoms with Crippen LogP contribution in [0.5, 0.6) is 0 Å². The van der Waals surface area contributed by atoms with Crippen LogP contribution in [0.3, 0.4) is 0 Å². The maximum Gasteiger partial charge on any atom is 0.0933 e. The maximum atomic E-state index is 5.64. The van der Waals surface area contributed by atoms with Crippen molar-refractivity contribution in [2.75, 3.05) is 26.4 Å². The highest BCUT2D eigenvalue weighted by Gasteiger charge is 2.16. The minimum atomic E-state index is 0.193. The zero-order valence-corrected chi connectivity index (χ0v) is 11.3. The number of ether oxygens (including phenoxy) is 2. The Morgan fingerprint density at radius 1 is 1.28 bits per heavy atom. The largest absolute Gasteiger partial charge is 0.376 e. The normalized spacial score (nSPS) is 21.8. The number of hydrogen-bond acceptors (Lipinski definition) is 3. The van der Waals surface area contributed by atoms with Crippen LogP contribution in [0.15, 0.2) is 24.3 Å². The molecular weight excluding hydrogens is 226 g/mol. The van der Waals surface area contributed by atoms with Gasteiger partial charge in [0.2, 0.25) is 0 Å². The molecule has 1 heterocycles. The molecule has 1 aromatic rings. The summed E-state index contributed by atoms with van der Waals surface area (Å²) < 4.78 is 11.0. The fraction of sp³-hybridized carbons (Fsp3) is 0.600. The van der Waals surface area contributed by atoms with Crippen molar-refractivity contribution in [3.8, 4) is 0 Å². The Labute approximate surface area is 109 Å². The fourth-order valence-electron chi connectivity index (χ4n) is 2.22. The van der Waals surface area contributed by atoms with Gasteiger partial charge in [0, 0.05) is 12.6 Å². The third-order valence-corrected chi connectivity index (χ3v) is 3.36. The van der Waals surface area contributed by atoms with E-state index in [9.17, 15) is 0 Å². The summed E-state index contributed by atoms with van der Waals surface area (Å²) in [5, 5.41) is 3.57. The molecule has 0 aromatic heterocycles. The van der Waals surface area contributed by atoms with Crippen LogP contribution in [0.25, 0.3) is 0 Å². The first kappa shape index (κ1) is 13.5. The molecule has 0 spiro atoms. The Kier molecular flexibility index (Phi) is 5.17.